The summed E-state index contributed by atoms with van der Waals surface area (Å²) in [5.74, 6) is -0.417. The zero-order valence-electron chi connectivity index (χ0n) is 18.0. The molecule has 4 rings (SSSR count). The number of hydrogen-bond acceptors (Lipinski definition) is 5. The molecule has 2 aliphatic rings. The highest BCUT2D eigenvalue weighted by atomic mass is 32.1. The number of hydrogen-bond donors (Lipinski definition) is 2. The average molecular weight is 445 g/mol. The number of nitrogens with zero attached hydrogens (tertiary/aromatic N) is 2. The van der Waals surface area contributed by atoms with Crippen LogP contribution in [0.3, 0.4) is 0 Å². The number of carbonyl (C=O) groups is 2. The van der Waals surface area contributed by atoms with Crippen LogP contribution < -0.4 is 10.6 Å². The summed E-state index contributed by atoms with van der Waals surface area (Å²) in [6.45, 7) is 6.09. The zero-order chi connectivity index (χ0) is 22.0. The monoisotopic (exact) mass is 444 g/mol. The van der Waals surface area contributed by atoms with Gasteiger partial charge in [-0.3, -0.25) is 14.5 Å². The summed E-state index contributed by atoms with van der Waals surface area (Å²) in [6, 6.07) is 6.13. The molecule has 1 atom stereocenters. The molecule has 166 valence electrons. The van der Waals surface area contributed by atoms with E-state index >= 15 is 0 Å². The number of para-hydroxylation sites is 1. The first-order chi connectivity index (χ1) is 14.9. The normalized spacial score (nSPS) is 19.6. The number of halogens is 1. The lowest BCUT2D eigenvalue weighted by atomic mass is 9.88. The van der Waals surface area contributed by atoms with Crippen molar-refractivity contribution in [2.75, 3.05) is 50.4 Å². The number of benzene rings is 1. The average Bonchev–Trinajstić information content (AvgIpc) is 3.08. The molecule has 8 heteroatoms. The summed E-state index contributed by atoms with van der Waals surface area (Å²) < 4.78 is 14.1. The van der Waals surface area contributed by atoms with Gasteiger partial charge in [0.25, 0.3) is 5.91 Å². The molecule has 1 unspecified atom stereocenters. The number of likely N-dealkylation sites (N-methyl/N-ethyl adjacent to an activating group) is 1. The van der Waals surface area contributed by atoms with Crippen molar-refractivity contribution < 1.29 is 14.0 Å². The van der Waals surface area contributed by atoms with Crippen molar-refractivity contribution in [2.24, 2.45) is 5.92 Å². The number of rotatable bonds is 5. The van der Waals surface area contributed by atoms with Crippen molar-refractivity contribution in [1.82, 2.24) is 9.80 Å². The molecule has 1 aliphatic carbocycles. The third-order valence-electron chi connectivity index (χ3n) is 6.08. The molecule has 2 heterocycles. The fourth-order valence-corrected chi connectivity index (χ4v) is 5.63. The predicted octanol–water partition coefficient (Wildman–Crippen LogP) is 3.45. The number of nitrogens with one attached hydrogen (secondary N) is 2. The van der Waals surface area contributed by atoms with Gasteiger partial charge in [-0.1, -0.05) is 19.1 Å². The first-order valence-corrected chi connectivity index (χ1v) is 11.6. The van der Waals surface area contributed by atoms with E-state index in [-0.39, 0.29) is 17.5 Å². The highest BCUT2D eigenvalue weighted by Crippen LogP contribution is 2.40. The SMILES string of the molecule is CC1CCc2c(sc(NC(=O)CN3CCN(C)CC3)c2C(=O)Nc2ccccc2F)C1. The van der Waals surface area contributed by atoms with Gasteiger partial charge in [0.15, 0.2) is 0 Å². The van der Waals surface area contributed by atoms with E-state index in [0.29, 0.717) is 23.0 Å². The van der Waals surface area contributed by atoms with E-state index in [9.17, 15) is 14.0 Å². The molecule has 6 nitrogen and oxygen atoms in total. The smallest absolute Gasteiger partial charge is 0.259 e. The van der Waals surface area contributed by atoms with Gasteiger partial charge in [-0.25, -0.2) is 4.39 Å². The Morgan fingerprint density at radius 1 is 1.16 bits per heavy atom. The third-order valence-corrected chi connectivity index (χ3v) is 7.25. The van der Waals surface area contributed by atoms with Gasteiger partial charge < -0.3 is 15.5 Å². The number of anilines is 2. The van der Waals surface area contributed by atoms with E-state index in [1.807, 2.05) is 0 Å². The first kappa shape index (κ1) is 21.9. The fraction of sp³-hybridized carbons (Fsp3) is 0.478. The Balaban J connectivity index is 1.54. The Morgan fingerprint density at radius 2 is 1.90 bits per heavy atom. The minimum Gasteiger partial charge on any atom is -0.319 e. The molecule has 2 aromatic rings. The second-order valence-corrected chi connectivity index (χ2v) is 9.72. The maximum Gasteiger partial charge on any atom is 0.259 e. The summed E-state index contributed by atoms with van der Waals surface area (Å²) in [5, 5.41) is 6.27. The first-order valence-electron chi connectivity index (χ1n) is 10.8. The summed E-state index contributed by atoms with van der Waals surface area (Å²) in [5.41, 5.74) is 1.63. The molecule has 1 aromatic heterocycles. The maximum absolute atomic E-state index is 14.1. The number of piperazine rings is 1. The second kappa shape index (κ2) is 9.46. The number of fused-ring (bicyclic) bond motifs is 1. The lowest BCUT2D eigenvalue weighted by Crippen LogP contribution is -2.47. The van der Waals surface area contributed by atoms with Crippen LogP contribution in [0.15, 0.2) is 24.3 Å². The molecular formula is C23H29FN4O2S. The van der Waals surface area contributed by atoms with Crippen LogP contribution in [-0.4, -0.2) is 61.4 Å². The Labute approximate surface area is 186 Å². The Hall–Kier alpha value is -2.29. The molecule has 2 N–H and O–H groups in total. The number of amides is 2. The van der Waals surface area contributed by atoms with Gasteiger partial charge in [-0.05, 0) is 49.9 Å². The molecule has 2 amide bonds. The van der Waals surface area contributed by atoms with E-state index < -0.39 is 5.82 Å². The summed E-state index contributed by atoms with van der Waals surface area (Å²) >= 11 is 1.49. The van der Waals surface area contributed by atoms with Crippen LogP contribution in [0.2, 0.25) is 0 Å². The van der Waals surface area contributed by atoms with Gasteiger partial charge in [0.2, 0.25) is 5.91 Å². The van der Waals surface area contributed by atoms with Crippen LogP contribution in [0, 0.1) is 11.7 Å². The van der Waals surface area contributed by atoms with Crippen LogP contribution in [-0.2, 0) is 17.6 Å². The molecule has 1 fully saturated rings. The molecule has 0 bridgehead atoms. The van der Waals surface area contributed by atoms with E-state index in [2.05, 4.69) is 34.4 Å². The van der Waals surface area contributed by atoms with Gasteiger partial charge in [0.1, 0.15) is 10.8 Å². The van der Waals surface area contributed by atoms with Gasteiger partial charge in [-0.15, -0.1) is 11.3 Å². The van der Waals surface area contributed by atoms with Gasteiger partial charge >= 0.3 is 0 Å². The lowest BCUT2D eigenvalue weighted by molar-refractivity contribution is -0.117. The van der Waals surface area contributed by atoms with Crippen molar-refractivity contribution >= 4 is 33.8 Å². The molecule has 0 spiro atoms. The molecule has 1 saturated heterocycles. The quantitative estimate of drug-likeness (QED) is 0.742. The predicted molar refractivity (Wildman–Crippen MR) is 122 cm³/mol. The molecule has 0 radical (unpaired) electrons. The van der Waals surface area contributed by atoms with Gasteiger partial charge in [-0.2, -0.15) is 0 Å². The Bertz CT molecular complexity index is 968. The van der Waals surface area contributed by atoms with Crippen molar-refractivity contribution in [3.05, 3.63) is 46.1 Å². The van der Waals surface area contributed by atoms with Gasteiger partial charge in [0, 0.05) is 31.1 Å². The molecule has 0 saturated carbocycles. The van der Waals surface area contributed by atoms with E-state index in [1.165, 1.54) is 17.4 Å². The maximum atomic E-state index is 14.1. The standard InChI is InChI=1S/C23H29FN4O2S/c1-15-7-8-16-19(13-15)31-23(26-20(29)14-28-11-9-27(2)10-12-28)21(16)22(30)25-18-6-4-3-5-17(18)24/h3-6,15H,7-14H2,1-2H3,(H,25,30)(H,26,29). The van der Waals surface area contributed by atoms with Gasteiger partial charge in [0.05, 0.1) is 17.8 Å². The van der Waals surface area contributed by atoms with Crippen LogP contribution in [0.5, 0.6) is 0 Å². The summed E-state index contributed by atoms with van der Waals surface area (Å²) in [4.78, 5) is 31.5. The van der Waals surface area contributed by atoms with Crippen molar-refractivity contribution in [3.63, 3.8) is 0 Å². The highest BCUT2D eigenvalue weighted by molar-refractivity contribution is 7.17. The van der Waals surface area contributed by atoms with E-state index in [0.717, 1.165) is 55.9 Å². The van der Waals surface area contributed by atoms with Crippen LogP contribution in [0.25, 0.3) is 0 Å². The Kier molecular flexibility index (Phi) is 6.69. The summed E-state index contributed by atoms with van der Waals surface area (Å²) in [7, 11) is 2.08. The number of thiophene rings is 1. The highest BCUT2D eigenvalue weighted by Gasteiger charge is 2.29. The minimum absolute atomic E-state index is 0.115. The fourth-order valence-electron chi connectivity index (χ4n) is 4.20. The third kappa shape index (κ3) is 5.14. The van der Waals surface area contributed by atoms with Crippen molar-refractivity contribution in [1.29, 1.82) is 0 Å². The van der Waals surface area contributed by atoms with Crippen molar-refractivity contribution in [3.8, 4) is 0 Å². The zero-order valence-corrected chi connectivity index (χ0v) is 18.9. The minimum atomic E-state index is -0.478. The van der Waals surface area contributed by atoms with Crippen LogP contribution in [0.4, 0.5) is 15.1 Å². The lowest BCUT2D eigenvalue weighted by Gasteiger charge is -2.31. The van der Waals surface area contributed by atoms with Crippen molar-refractivity contribution in [2.45, 2.75) is 26.2 Å². The van der Waals surface area contributed by atoms with Crippen LogP contribution in [0.1, 0.15) is 34.1 Å². The molecule has 1 aliphatic heterocycles. The Morgan fingerprint density at radius 3 is 2.65 bits per heavy atom. The van der Waals surface area contributed by atoms with E-state index in [1.54, 1.807) is 18.2 Å². The topological polar surface area (TPSA) is 64.7 Å². The number of carbonyl (C=O) groups excluding carboxylic acids is 2. The molecule has 31 heavy (non-hydrogen) atoms. The molecular weight excluding hydrogens is 415 g/mol. The van der Waals surface area contributed by atoms with E-state index in [4.69, 9.17) is 0 Å². The largest absolute Gasteiger partial charge is 0.319 e. The van der Waals surface area contributed by atoms with Crippen LogP contribution >= 0.6 is 11.3 Å². The molecule has 1 aromatic carbocycles. The summed E-state index contributed by atoms with van der Waals surface area (Å²) in [6.07, 6.45) is 2.69. The second-order valence-electron chi connectivity index (χ2n) is 8.62.